The number of hydrogen-bond donors (Lipinski definition) is 3. The molecule has 1 atom stereocenters. The van der Waals surface area contributed by atoms with Gasteiger partial charge in [-0.1, -0.05) is 0 Å². The molecule has 0 aliphatic rings. The lowest BCUT2D eigenvalue weighted by Crippen LogP contribution is -2.49. The van der Waals surface area contributed by atoms with E-state index in [4.69, 9.17) is 5.73 Å². The van der Waals surface area contributed by atoms with Crippen LogP contribution in [0.25, 0.3) is 0 Å². The van der Waals surface area contributed by atoms with E-state index < -0.39 is 36.9 Å². The van der Waals surface area contributed by atoms with Crippen LogP contribution in [-0.4, -0.2) is 36.9 Å². The summed E-state index contributed by atoms with van der Waals surface area (Å²) < 4.78 is 26.5. The second kappa shape index (κ2) is 7.09. The summed E-state index contributed by atoms with van der Waals surface area (Å²) in [5.74, 6) is -4.28. The van der Waals surface area contributed by atoms with Crippen LogP contribution in [0, 0.1) is 0 Å². The van der Waals surface area contributed by atoms with Crippen LogP contribution < -0.4 is 16.4 Å². The maximum Gasteiger partial charge on any atom is 0.277 e. The van der Waals surface area contributed by atoms with Gasteiger partial charge in [0, 0.05) is 0 Å². The lowest BCUT2D eigenvalue weighted by atomic mass is 10.2. The van der Waals surface area contributed by atoms with Gasteiger partial charge in [-0.3, -0.25) is 9.59 Å². The Kier molecular flexibility index (Phi) is 6.03. The number of carbonyl (C=O) groups excluding carboxylic acids is 2. The van der Waals surface area contributed by atoms with Crippen LogP contribution in [-0.2, 0) is 4.79 Å². The summed E-state index contributed by atoms with van der Waals surface area (Å²) in [6.45, 7) is -0.291. The number of nitrogens with one attached hydrogen (secondary N) is 2. The molecule has 0 spiro atoms. The molecule has 9 heteroatoms. The molecule has 5 nitrogen and oxygen atoms in total. The van der Waals surface area contributed by atoms with Crippen molar-refractivity contribution in [3.8, 4) is 0 Å². The Labute approximate surface area is 127 Å². The molecular weight excluding hydrogens is 356 g/mol. The molecule has 0 saturated heterocycles. The molecule has 0 aliphatic carbocycles. The van der Waals surface area contributed by atoms with Crippen LogP contribution in [0.15, 0.2) is 15.9 Å². The van der Waals surface area contributed by atoms with Crippen LogP contribution >= 0.6 is 27.3 Å². The molecule has 1 rings (SSSR count). The number of alkyl halides is 2. The fourth-order valence-electron chi connectivity index (χ4n) is 1.21. The lowest BCUT2D eigenvalue weighted by Gasteiger charge is -2.17. The SMILES string of the molecule is CC(NC(=O)c1ccc(Br)s1)C(=O)NCC(F)(F)CN. The van der Waals surface area contributed by atoms with Crippen molar-refractivity contribution in [3.05, 3.63) is 20.8 Å². The third-order valence-corrected chi connectivity index (χ3v) is 3.98. The average molecular weight is 370 g/mol. The summed E-state index contributed by atoms with van der Waals surface area (Å²) in [7, 11) is 0. The molecule has 1 aromatic rings. The topological polar surface area (TPSA) is 84.2 Å². The van der Waals surface area contributed by atoms with Crippen LogP contribution in [0.2, 0.25) is 0 Å². The zero-order valence-corrected chi connectivity index (χ0v) is 13.0. The molecule has 2 amide bonds. The standard InChI is InChI=1S/C11H14BrF2N3O2S/c1-6(9(18)16-5-11(13,14)4-15)17-10(19)7-2-3-8(12)20-7/h2-3,6H,4-5,15H2,1H3,(H,16,18)(H,17,19). The van der Waals surface area contributed by atoms with E-state index in [0.29, 0.717) is 4.88 Å². The Hall–Kier alpha value is -1.06. The molecule has 1 aromatic heterocycles. The van der Waals surface area contributed by atoms with Crippen molar-refractivity contribution in [2.45, 2.75) is 18.9 Å². The van der Waals surface area contributed by atoms with E-state index in [9.17, 15) is 18.4 Å². The normalized spacial score (nSPS) is 12.8. The van der Waals surface area contributed by atoms with E-state index in [1.807, 2.05) is 5.32 Å². The first-order valence-corrected chi connectivity index (χ1v) is 7.28. The molecule has 0 aromatic carbocycles. The molecule has 4 N–H and O–H groups in total. The van der Waals surface area contributed by atoms with Crippen LogP contribution in [0.4, 0.5) is 8.78 Å². The first-order chi connectivity index (χ1) is 9.25. The Morgan fingerprint density at radius 2 is 2.15 bits per heavy atom. The van der Waals surface area contributed by atoms with E-state index in [-0.39, 0.29) is 0 Å². The summed E-state index contributed by atoms with van der Waals surface area (Å²) in [5, 5.41) is 4.47. The number of nitrogens with two attached hydrogens (primary N) is 1. The predicted molar refractivity (Wildman–Crippen MR) is 76.0 cm³/mol. The maximum absolute atomic E-state index is 12.9. The highest BCUT2D eigenvalue weighted by Gasteiger charge is 2.28. The van der Waals surface area contributed by atoms with Gasteiger partial charge in [0.2, 0.25) is 5.91 Å². The van der Waals surface area contributed by atoms with E-state index in [1.165, 1.54) is 18.3 Å². The molecule has 0 fully saturated rings. The highest BCUT2D eigenvalue weighted by atomic mass is 79.9. The smallest absolute Gasteiger partial charge is 0.277 e. The van der Waals surface area contributed by atoms with Gasteiger partial charge in [0.25, 0.3) is 11.8 Å². The Balaban J connectivity index is 2.48. The van der Waals surface area contributed by atoms with Gasteiger partial charge in [-0.05, 0) is 35.0 Å². The largest absolute Gasteiger partial charge is 0.348 e. The van der Waals surface area contributed by atoms with Gasteiger partial charge in [0.1, 0.15) is 6.04 Å². The molecule has 0 radical (unpaired) electrons. The molecule has 112 valence electrons. The summed E-state index contributed by atoms with van der Waals surface area (Å²) in [4.78, 5) is 23.8. The quantitative estimate of drug-likeness (QED) is 0.707. The van der Waals surface area contributed by atoms with E-state index >= 15 is 0 Å². The molecule has 0 bridgehead atoms. The van der Waals surface area contributed by atoms with Crippen LogP contribution in [0.3, 0.4) is 0 Å². The summed E-state index contributed by atoms with van der Waals surface area (Å²) >= 11 is 4.42. The van der Waals surface area contributed by atoms with Gasteiger partial charge in [0.15, 0.2) is 0 Å². The minimum atomic E-state index is -3.15. The first-order valence-electron chi connectivity index (χ1n) is 5.67. The van der Waals surface area contributed by atoms with Gasteiger partial charge < -0.3 is 16.4 Å². The number of amides is 2. The predicted octanol–water partition coefficient (Wildman–Crippen LogP) is 1.34. The van der Waals surface area contributed by atoms with Crippen molar-refractivity contribution in [2.75, 3.05) is 13.1 Å². The zero-order chi connectivity index (χ0) is 15.3. The second-order valence-electron chi connectivity index (χ2n) is 4.08. The first kappa shape index (κ1) is 17.0. The van der Waals surface area contributed by atoms with E-state index in [0.717, 1.165) is 3.79 Å². The molecule has 20 heavy (non-hydrogen) atoms. The number of carbonyl (C=O) groups is 2. The Morgan fingerprint density at radius 3 is 2.65 bits per heavy atom. The molecule has 1 unspecified atom stereocenters. The number of thiophene rings is 1. The number of hydrogen-bond acceptors (Lipinski definition) is 4. The van der Waals surface area contributed by atoms with Gasteiger partial charge in [-0.15, -0.1) is 11.3 Å². The van der Waals surface area contributed by atoms with Gasteiger partial charge in [-0.25, -0.2) is 8.78 Å². The van der Waals surface area contributed by atoms with Crippen molar-refractivity contribution in [1.29, 1.82) is 0 Å². The monoisotopic (exact) mass is 369 g/mol. The van der Waals surface area contributed by atoms with Crippen LogP contribution in [0.1, 0.15) is 16.6 Å². The third kappa shape index (κ3) is 5.14. The fourth-order valence-corrected chi connectivity index (χ4v) is 2.50. The van der Waals surface area contributed by atoms with Crippen LogP contribution in [0.5, 0.6) is 0 Å². The number of rotatable bonds is 6. The molecule has 0 saturated carbocycles. The highest BCUT2D eigenvalue weighted by Crippen LogP contribution is 2.21. The summed E-state index contributed by atoms with van der Waals surface area (Å²) in [5.41, 5.74) is 4.85. The second-order valence-corrected chi connectivity index (χ2v) is 6.54. The lowest BCUT2D eigenvalue weighted by molar-refractivity contribution is -0.124. The zero-order valence-electron chi connectivity index (χ0n) is 10.6. The highest BCUT2D eigenvalue weighted by molar-refractivity contribution is 9.11. The fraction of sp³-hybridized carbons (Fsp3) is 0.455. The average Bonchev–Trinajstić information content (AvgIpc) is 2.82. The number of halogens is 3. The summed E-state index contributed by atoms with van der Waals surface area (Å²) in [6.07, 6.45) is 0. The van der Waals surface area contributed by atoms with Crippen molar-refractivity contribution < 1.29 is 18.4 Å². The molecular formula is C11H14BrF2N3O2S. The third-order valence-electron chi connectivity index (χ3n) is 2.36. The van der Waals surface area contributed by atoms with Crippen molar-refractivity contribution >= 4 is 39.1 Å². The minimum Gasteiger partial charge on any atom is -0.348 e. The summed E-state index contributed by atoms with van der Waals surface area (Å²) in [6, 6.07) is 2.38. The van der Waals surface area contributed by atoms with Crippen molar-refractivity contribution in [3.63, 3.8) is 0 Å². The van der Waals surface area contributed by atoms with Crippen molar-refractivity contribution in [2.24, 2.45) is 5.73 Å². The van der Waals surface area contributed by atoms with E-state index in [2.05, 4.69) is 21.2 Å². The van der Waals surface area contributed by atoms with Gasteiger partial charge >= 0.3 is 0 Å². The van der Waals surface area contributed by atoms with Crippen molar-refractivity contribution in [1.82, 2.24) is 10.6 Å². The van der Waals surface area contributed by atoms with Gasteiger partial charge in [-0.2, -0.15) is 0 Å². The molecule has 1 heterocycles. The Bertz CT molecular complexity index is 496. The minimum absolute atomic E-state index is 0.420. The van der Waals surface area contributed by atoms with E-state index in [1.54, 1.807) is 12.1 Å². The maximum atomic E-state index is 12.9. The molecule has 0 aliphatic heterocycles. The van der Waals surface area contributed by atoms with Gasteiger partial charge in [0.05, 0.1) is 21.8 Å². The Morgan fingerprint density at radius 1 is 1.50 bits per heavy atom.